The van der Waals surface area contributed by atoms with Gasteiger partial charge in [-0.2, -0.15) is 9.13 Å². The van der Waals surface area contributed by atoms with Crippen LogP contribution in [0.2, 0.25) is 0 Å². The summed E-state index contributed by atoms with van der Waals surface area (Å²) in [4.78, 5) is 0. The van der Waals surface area contributed by atoms with Crippen LogP contribution in [0.1, 0.15) is 13.8 Å². The molecule has 1 rings (SSSR count). The Balaban J connectivity index is 2.93. The first-order chi connectivity index (χ1) is 5.36. The lowest BCUT2D eigenvalue weighted by Crippen LogP contribution is -2.23. The number of rotatable bonds is 0. The summed E-state index contributed by atoms with van der Waals surface area (Å²) >= 11 is 0. The third-order valence-electron chi connectivity index (χ3n) is 1.12. The molecule has 54 valence electrons. The van der Waals surface area contributed by atoms with Crippen molar-refractivity contribution in [2.24, 2.45) is 0 Å². The zero-order chi connectivity index (χ0) is 8.10. The first-order valence-electron chi connectivity index (χ1n) is 3.31. The fourth-order valence-corrected chi connectivity index (χ4v) is 0.745. The predicted molar refractivity (Wildman–Crippen MR) is 42.3 cm³/mol. The Morgan fingerprint density at radius 1 is 1.27 bits per heavy atom. The molecule has 0 unspecified atom stereocenters. The van der Waals surface area contributed by atoms with Gasteiger partial charge in [-0.3, -0.25) is 0 Å². The van der Waals surface area contributed by atoms with Gasteiger partial charge < -0.3 is 0 Å². The summed E-state index contributed by atoms with van der Waals surface area (Å²) < 4.78 is 3.54. The summed E-state index contributed by atoms with van der Waals surface area (Å²) in [6.07, 6.45) is 5.55. The van der Waals surface area contributed by atoms with E-state index in [1.165, 1.54) is 0 Å². The fourth-order valence-electron chi connectivity index (χ4n) is 0.745. The SMILES string of the molecule is CC#Cn1cc[n+](C#CC)c1. The highest BCUT2D eigenvalue weighted by Gasteiger charge is 1.95. The molecule has 0 saturated carbocycles. The van der Waals surface area contributed by atoms with Gasteiger partial charge in [0.15, 0.2) is 0 Å². The first kappa shape index (κ1) is 7.44. The average molecular weight is 145 g/mol. The van der Waals surface area contributed by atoms with Crippen LogP contribution in [0.15, 0.2) is 18.7 Å². The maximum Gasteiger partial charge on any atom is 0.270 e. The van der Waals surface area contributed by atoms with Gasteiger partial charge in [-0.1, -0.05) is 11.8 Å². The highest BCUT2D eigenvalue weighted by atomic mass is 15.1. The Morgan fingerprint density at radius 3 is 2.73 bits per heavy atom. The monoisotopic (exact) mass is 145 g/mol. The fraction of sp³-hybridized carbons (Fsp3) is 0.222. The van der Waals surface area contributed by atoms with Crippen LogP contribution < -0.4 is 4.57 Å². The van der Waals surface area contributed by atoms with Crippen LogP contribution in [0.25, 0.3) is 0 Å². The molecular weight excluding hydrogens is 136 g/mol. The molecule has 2 heteroatoms. The summed E-state index contributed by atoms with van der Waals surface area (Å²) in [5.74, 6) is 5.58. The highest BCUT2D eigenvalue weighted by Crippen LogP contribution is 1.76. The molecule has 2 nitrogen and oxygen atoms in total. The van der Waals surface area contributed by atoms with Crippen molar-refractivity contribution in [2.75, 3.05) is 0 Å². The minimum atomic E-state index is 1.77. The molecule has 0 aliphatic rings. The molecule has 0 aliphatic heterocycles. The van der Waals surface area contributed by atoms with Crippen LogP contribution in [0.3, 0.4) is 0 Å². The van der Waals surface area contributed by atoms with Gasteiger partial charge in [0, 0.05) is 13.8 Å². The van der Waals surface area contributed by atoms with E-state index < -0.39 is 0 Å². The Labute approximate surface area is 66.5 Å². The molecule has 0 radical (unpaired) electrons. The second-order valence-electron chi connectivity index (χ2n) is 1.95. The predicted octanol–water partition coefficient (Wildman–Crippen LogP) is 0.433. The van der Waals surface area contributed by atoms with Crippen molar-refractivity contribution in [3.05, 3.63) is 18.7 Å². The van der Waals surface area contributed by atoms with Gasteiger partial charge in [0.05, 0.1) is 0 Å². The van der Waals surface area contributed by atoms with Gasteiger partial charge in [0.1, 0.15) is 24.5 Å². The van der Waals surface area contributed by atoms with Crippen LogP contribution in [0.4, 0.5) is 0 Å². The molecule has 0 fully saturated rings. The molecule has 11 heavy (non-hydrogen) atoms. The zero-order valence-electron chi connectivity index (χ0n) is 6.63. The third kappa shape index (κ3) is 1.88. The van der Waals surface area contributed by atoms with Gasteiger partial charge in [-0.05, 0) is 0 Å². The summed E-state index contributed by atoms with van der Waals surface area (Å²) in [5, 5.41) is 0. The van der Waals surface area contributed by atoms with Gasteiger partial charge in [0.2, 0.25) is 0 Å². The van der Waals surface area contributed by atoms with E-state index in [1.54, 1.807) is 23.0 Å². The van der Waals surface area contributed by atoms with E-state index in [0.29, 0.717) is 0 Å². The second-order valence-corrected chi connectivity index (χ2v) is 1.95. The molecule has 0 atom stereocenters. The third-order valence-corrected chi connectivity index (χ3v) is 1.12. The lowest BCUT2D eigenvalue weighted by Gasteiger charge is -1.72. The Kier molecular flexibility index (Phi) is 2.36. The van der Waals surface area contributed by atoms with Crippen LogP contribution >= 0.6 is 0 Å². The van der Waals surface area contributed by atoms with Crippen molar-refractivity contribution in [3.8, 4) is 23.9 Å². The molecule has 0 aliphatic carbocycles. The standard InChI is InChI=1S/C9H9N2/c1-3-5-10-7-8-11(9-10)6-4-2/h7-9H,1-2H3/q+1. The van der Waals surface area contributed by atoms with Gasteiger partial charge in [-0.15, -0.1) is 0 Å². The molecule has 1 aromatic rings. The molecule has 1 heterocycles. The van der Waals surface area contributed by atoms with Crippen LogP contribution in [0, 0.1) is 23.9 Å². The summed E-state index contributed by atoms with van der Waals surface area (Å²) in [7, 11) is 0. The van der Waals surface area contributed by atoms with E-state index in [1.807, 2.05) is 18.7 Å². The Morgan fingerprint density at radius 2 is 2.09 bits per heavy atom. The van der Waals surface area contributed by atoms with E-state index in [-0.39, 0.29) is 0 Å². The first-order valence-corrected chi connectivity index (χ1v) is 3.31. The quantitative estimate of drug-likeness (QED) is 0.370. The molecule has 0 aromatic carbocycles. The molecule has 0 N–H and O–H groups in total. The van der Waals surface area contributed by atoms with Crippen molar-refractivity contribution in [1.82, 2.24) is 4.57 Å². The highest BCUT2D eigenvalue weighted by molar-refractivity contribution is 4.99. The summed E-state index contributed by atoms with van der Waals surface area (Å²) in [6.45, 7) is 3.60. The Hall–Kier alpha value is -1.67. The maximum atomic E-state index is 2.86. The molecule has 0 amide bonds. The summed E-state index contributed by atoms with van der Waals surface area (Å²) in [5.41, 5.74) is 0. The minimum absolute atomic E-state index is 1.77. The number of nitrogens with zero attached hydrogens (tertiary/aromatic N) is 2. The number of hydrogen-bond acceptors (Lipinski definition) is 0. The maximum absolute atomic E-state index is 2.86. The van der Waals surface area contributed by atoms with Crippen molar-refractivity contribution in [1.29, 1.82) is 0 Å². The van der Waals surface area contributed by atoms with Gasteiger partial charge >= 0.3 is 0 Å². The molecule has 1 aromatic heterocycles. The van der Waals surface area contributed by atoms with Crippen molar-refractivity contribution >= 4 is 0 Å². The van der Waals surface area contributed by atoms with E-state index in [9.17, 15) is 0 Å². The van der Waals surface area contributed by atoms with Gasteiger partial charge in [0.25, 0.3) is 6.33 Å². The average Bonchev–Trinajstić information content (AvgIpc) is 2.38. The van der Waals surface area contributed by atoms with Crippen LogP contribution in [-0.2, 0) is 0 Å². The topological polar surface area (TPSA) is 8.81 Å². The van der Waals surface area contributed by atoms with Crippen molar-refractivity contribution < 1.29 is 4.57 Å². The number of aromatic nitrogens is 2. The number of imidazole rings is 1. The van der Waals surface area contributed by atoms with E-state index in [4.69, 9.17) is 0 Å². The van der Waals surface area contributed by atoms with Crippen molar-refractivity contribution in [3.63, 3.8) is 0 Å². The zero-order valence-corrected chi connectivity index (χ0v) is 6.63. The van der Waals surface area contributed by atoms with E-state index >= 15 is 0 Å². The van der Waals surface area contributed by atoms with Crippen LogP contribution in [-0.4, -0.2) is 4.57 Å². The van der Waals surface area contributed by atoms with Crippen LogP contribution in [0.5, 0.6) is 0 Å². The Bertz CT molecular complexity index is 318. The van der Waals surface area contributed by atoms with E-state index in [2.05, 4.69) is 23.9 Å². The lowest BCUT2D eigenvalue weighted by atomic mass is 10.7. The normalized spacial score (nSPS) is 7.45. The molecular formula is C9H9N2+. The smallest absolute Gasteiger partial charge is 0.155 e. The van der Waals surface area contributed by atoms with E-state index in [0.717, 1.165) is 0 Å². The summed E-state index contributed by atoms with van der Waals surface area (Å²) in [6, 6.07) is 5.73. The second kappa shape index (κ2) is 3.49. The lowest BCUT2D eigenvalue weighted by molar-refractivity contribution is -0.582. The molecule has 0 bridgehead atoms. The molecule has 0 saturated heterocycles. The largest absolute Gasteiger partial charge is 0.270 e. The van der Waals surface area contributed by atoms with Gasteiger partial charge in [-0.25, -0.2) is 0 Å². The number of hydrogen-bond donors (Lipinski definition) is 0. The minimum Gasteiger partial charge on any atom is -0.155 e. The molecule has 0 spiro atoms. The van der Waals surface area contributed by atoms with Crippen molar-refractivity contribution in [2.45, 2.75) is 13.8 Å².